The van der Waals surface area contributed by atoms with Crippen LogP contribution < -0.4 is 10.2 Å². The number of piperidine rings is 1. The molecular weight excluding hydrogens is 326 g/mol. The molecule has 0 aliphatic carbocycles. The highest BCUT2D eigenvalue weighted by Crippen LogP contribution is 2.30. The maximum Gasteiger partial charge on any atom is 0.0510 e. The number of nitrogens with one attached hydrogen (secondary N) is 1. The number of rotatable bonds is 5. The van der Waals surface area contributed by atoms with Gasteiger partial charge in [0.25, 0.3) is 0 Å². The normalized spacial score (nSPS) is 17.0. The Morgan fingerprint density at radius 3 is 2.48 bits per heavy atom. The molecule has 0 amide bonds. The molecular formula is C17H28BrN3. The molecule has 0 spiro atoms. The molecule has 1 saturated heterocycles. The van der Waals surface area contributed by atoms with Crippen LogP contribution in [0.2, 0.25) is 0 Å². The number of halogens is 1. The van der Waals surface area contributed by atoms with Gasteiger partial charge in [0.1, 0.15) is 0 Å². The Kier molecular flexibility index (Phi) is 6.08. The third kappa shape index (κ3) is 4.70. The van der Waals surface area contributed by atoms with Crippen LogP contribution in [-0.2, 0) is 6.54 Å². The van der Waals surface area contributed by atoms with Crippen molar-refractivity contribution in [2.75, 3.05) is 32.1 Å². The molecule has 0 aromatic heterocycles. The molecule has 0 saturated carbocycles. The van der Waals surface area contributed by atoms with Crippen molar-refractivity contribution in [3.63, 3.8) is 0 Å². The summed E-state index contributed by atoms with van der Waals surface area (Å²) in [6.45, 7) is 7.58. The van der Waals surface area contributed by atoms with Gasteiger partial charge in [0, 0.05) is 36.2 Å². The number of nitrogens with zero attached hydrogens (tertiary/aromatic N) is 2. The van der Waals surface area contributed by atoms with Gasteiger partial charge < -0.3 is 15.1 Å². The predicted octanol–water partition coefficient (Wildman–Crippen LogP) is 3.48. The summed E-state index contributed by atoms with van der Waals surface area (Å²) in [6, 6.07) is 8.01. The summed E-state index contributed by atoms with van der Waals surface area (Å²) in [5.41, 5.74) is 2.67. The summed E-state index contributed by atoms with van der Waals surface area (Å²) in [4.78, 5) is 4.86. The van der Waals surface area contributed by atoms with Crippen LogP contribution in [0.15, 0.2) is 22.7 Å². The predicted molar refractivity (Wildman–Crippen MR) is 95.0 cm³/mol. The fourth-order valence-electron chi connectivity index (χ4n) is 2.86. The first-order valence-electron chi connectivity index (χ1n) is 7.90. The Balaban J connectivity index is 1.98. The van der Waals surface area contributed by atoms with Crippen LogP contribution in [0.1, 0.15) is 32.3 Å². The smallest absolute Gasteiger partial charge is 0.0510 e. The van der Waals surface area contributed by atoms with E-state index in [9.17, 15) is 0 Å². The lowest BCUT2D eigenvalue weighted by atomic mass is 10.0. The van der Waals surface area contributed by atoms with Crippen molar-refractivity contribution in [1.82, 2.24) is 10.2 Å². The zero-order valence-electron chi connectivity index (χ0n) is 13.7. The quantitative estimate of drug-likeness (QED) is 0.874. The average molecular weight is 354 g/mol. The molecule has 1 N–H and O–H groups in total. The molecule has 1 fully saturated rings. The lowest BCUT2D eigenvalue weighted by Gasteiger charge is -2.37. The average Bonchev–Trinajstić information content (AvgIpc) is 2.45. The third-order valence-corrected chi connectivity index (χ3v) is 4.90. The van der Waals surface area contributed by atoms with E-state index < -0.39 is 0 Å². The summed E-state index contributed by atoms with van der Waals surface area (Å²) in [6.07, 6.45) is 2.49. The largest absolute Gasteiger partial charge is 0.371 e. The van der Waals surface area contributed by atoms with E-state index in [0.29, 0.717) is 6.04 Å². The Morgan fingerprint density at radius 2 is 1.95 bits per heavy atom. The van der Waals surface area contributed by atoms with Crippen LogP contribution in [0.3, 0.4) is 0 Å². The standard InChI is InChI=1S/C17H28BrN3/c1-13(2)19-12-14-5-6-17(16(18)11-14)21-9-7-15(8-10-21)20(3)4/h5-6,11,13,15,19H,7-10,12H2,1-4H3. The summed E-state index contributed by atoms with van der Waals surface area (Å²) in [5.74, 6) is 0. The fraction of sp³-hybridized carbons (Fsp3) is 0.647. The van der Waals surface area contributed by atoms with E-state index in [1.54, 1.807) is 0 Å². The second kappa shape index (κ2) is 7.61. The number of hydrogen-bond donors (Lipinski definition) is 1. The van der Waals surface area contributed by atoms with Gasteiger partial charge in [0.05, 0.1) is 5.69 Å². The maximum atomic E-state index is 3.75. The second-order valence-electron chi connectivity index (χ2n) is 6.50. The molecule has 1 heterocycles. The van der Waals surface area contributed by atoms with Gasteiger partial charge in [0.15, 0.2) is 0 Å². The third-order valence-electron chi connectivity index (χ3n) is 4.26. The van der Waals surface area contributed by atoms with Crippen LogP contribution in [0.25, 0.3) is 0 Å². The van der Waals surface area contributed by atoms with Crippen molar-refractivity contribution < 1.29 is 0 Å². The van der Waals surface area contributed by atoms with Gasteiger partial charge in [-0.05, 0) is 60.6 Å². The lowest BCUT2D eigenvalue weighted by Crippen LogP contribution is -2.42. The second-order valence-corrected chi connectivity index (χ2v) is 7.36. The van der Waals surface area contributed by atoms with E-state index in [-0.39, 0.29) is 0 Å². The Labute approximate surface area is 137 Å². The van der Waals surface area contributed by atoms with Gasteiger partial charge in [-0.15, -0.1) is 0 Å². The van der Waals surface area contributed by atoms with Gasteiger partial charge >= 0.3 is 0 Å². The number of hydrogen-bond acceptors (Lipinski definition) is 3. The van der Waals surface area contributed by atoms with Gasteiger partial charge in [-0.1, -0.05) is 19.9 Å². The Morgan fingerprint density at radius 1 is 1.29 bits per heavy atom. The molecule has 21 heavy (non-hydrogen) atoms. The van der Waals surface area contributed by atoms with E-state index in [1.165, 1.54) is 28.6 Å². The lowest BCUT2D eigenvalue weighted by molar-refractivity contribution is 0.249. The van der Waals surface area contributed by atoms with E-state index >= 15 is 0 Å². The molecule has 0 bridgehead atoms. The van der Waals surface area contributed by atoms with Crippen molar-refractivity contribution in [2.45, 2.75) is 45.3 Å². The molecule has 4 heteroatoms. The van der Waals surface area contributed by atoms with E-state index in [1.807, 2.05) is 0 Å². The first-order valence-corrected chi connectivity index (χ1v) is 8.70. The number of anilines is 1. The van der Waals surface area contributed by atoms with Crippen LogP contribution in [0.5, 0.6) is 0 Å². The SMILES string of the molecule is CC(C)NCc1ccc(N2CCC(N(C)C)CC2)c(Br)c1. The molecule has 1 aromatic carbocycles. The Hall–Kier alpha value is -0.580. The molecule has 1 aromatic rings. The monoisotopic (exact) mass is 353 g/mol. The van der Waals surface area contributed by atoms with E-state index in [2.05, 4.69) is 77.2 Å². The minimum Gasteiger partial charge on any atom is -0.371 e. The van der Waals surface area contributed by atoms with Crippen molar-refractivity contribution in [3.05, 3.63) is 28.2 Å². The van der Waals surface area contributed by atoms with E-state index in [0.717, 1.165) is 25.7 Å². The summed E-state index contributed by atoms with van der Waals surface area (Å²) < 4.78 is 1.22. The van der Waals surface area contributed by atoms with Gasteiger partial charge in [-0.3, -0.25) is 0 Å². The molecule has 118 valence electrons. The van der Waals surface area contributed by atoms with Crippen molar-refractivity contribution in [1.29, 1.82) is 0 Å². The fourth-order valence-corrected chi connectivity index (χ4v) is 3.54. The molecule has 0 atom stereocenters. The molecule has 3 nitrogen and oxygen atoms in total. The van der Waals surface area contributed by atoms with Crippen LogP contribution in [0, 0.1) is 0 Å². The van der Waals surface area contributed by atoms with Crippen molar-refractivity contribution in [3.8, 4) is 0 Å². The van der Waals surface area contributed by atoms with Crippen molar-refractivity contribution in [2.24, 2.45) is 0 Å². The zero-order valence-corrected chi connectivity index (χ0v) is 15.3. The van der Waals surface area contributed by atoms with Crippen LogP contribution in [-0.4, -0.2) is 44.2 Å². The molecule has 0 radical (unpaired) electrons. The van der Waals surface area contributed by atoms with Gasteiger partial charge in [-0.2, -0.15) is 0 Å². The molecule has 1 aliphatic heterocycles. The highest BCUT2D eigenvalue weighted by atomic mass is 79.9. The molecule has 2 rings (SSSR count). The Bertz CT molecular complexity index is 451. The summed E-state index contributed by atoms with van der Waals surface area (Å²) in [7, 11) is 4.37. The topological polar surface area (TPSA) is 18.5 Å². The first-order chi connectivity index (χ1) is 9.97. The van der Waals surface area contributed by atoms with Crippen LogP contribution in [0.4, 0.5) is 5.69 Å². The molecule has 0 unspecified atom stereocenters. The van der Waals surface area contributed by atoms with Crippen molar-refractivity contribution >= 4 is 21.6 Å². The summed E-state index contributed by atoms with van der Waals surface area (Å²) >= 11 is 3.75. The maximum absolute atomic E-state index is 3.75. The summed E-state index contributed by atoms with van der Waals surface area (Å²) in [5, 5.41) is 3.47. The minimum atomic E-state index is 0.522. The zero-order chi connectivity index (χ0) is 15.4. The van der Waals surface area contributed by atoms with Gasteiger partial charge in [-0.25, -0.2) is 0 Å². The first kappa shape index (κ1) is 16.8. The highest BCUT2D eigenvalue weighted by molar-refractivity contribution is 9.10. The number of benzene rings is 1. The minimum absolute atomic E-state index is 0.522. The highest BCUT2D eigenvalue weighted by Gasteiger charge is 2.21. The van der Waals surface area contributed by atoms with Gasteiger partial charge in [0.2, 0.25) is 0 Å². The van der Waals surface area contributed by atoms with Crippen LogP contribution >= 0.6 is 15.9 Å². The molecule has 1 aliphatic rings. The van der Waals surface area contributed by atoms with E-state index in [4.69, 9.17) is 0 Å².